The normalized spacial score (nSPS) is 12.4. The molecule has 0 saturated carbocycles. The van der Waals surface area contributed by atoms with Crippen LogP contribution in [0.15, 0.2) is 60.0 Å². The van der Waals surface area contributed by atoms with E-state index in [1.54, 1.807) is 0 Å². The zero-order valence-corrected chi connectivity index (χ0v) is 21.8. The van der Waals surface area contributed by atoms with Crippen LogP contribution in [0.2, 0.25) is 0 Å². The Bertz CT molecular complexity index is 881. The van der Waals surface area contributed by atoms with Gasteiger partial charge in [-0.2, -0.15) is 0 Å². The van der Waals surface area contributed by atoms with Crippen LogP contribution in [0, 0.1) is 0 Å². The standard InChI is InChI=1S/C22H34O2.C6H7NS/c1-9-18(23)19(10-2)24-20-14-13-16(21(5,6)11-3)15-17(20)22(7,8)12-4;7-5-3-1-2-4-6(5)8/h9,13-15,19H,1,10-12H2,2-8H3;1-4,8H,7H2. The number of ether oxygens (including phenoxy) is 1. The average Bonchev–Trinajstić information content (AvgIpc) is 2.79. The molecule has 0 heterocycles. The van der Waals surface area contributed by atoms with Gasteiger partial charge < -0.3 is 10.5 Å². The van der Waals surface area contributed by atoms with Gasteiger partial charge in [0.2, 0.25) is 0 Å². The molecule has 2 aromatic carbocycles. The van der Waals surface area contributed by atoms with Crippen LogP contribution in [0.1, 0.15) is 78.9 Å². The second kappa shape index (κ2) is 12.2. The highest BCUT2D eigenvalue weighted by Crippen LogP contribution is 2.39. The Morgan fingerprint density at radius 2 is 1.66 bits per heavy atom. The Morgan fingerprint density at radius 3 is 2.09 bits per heavy atom. The summed E-state index contributed by atoms with van der Waals surface area (Å²) < 4.78 is 6.12. The molecule has 0 saturated heterocycles. The van der Waals surface area contributed by atoms with E-state index in [0.29, 0.717) is 6.42 Å². The molecule has 32 heavy (non-hydrogen) atoms. The van der Waals surface area contributed by atoms with Gasteiger partial charge >= 0.3 is 0 Å². The largest absolute Gasteiger partial charge is 0.482 e. The lowest BCUT2D eigenvalue weighted by Gasteiger charge is -2.31. The van der Waals surface area contributed by atoms with E-state index in [-0.39, 0.29) is 16.6 Å². The van der Waals surface area contributed by atoms with Crippen molar-refractivity contribution in [1.29, 1.82) is 0 Å². The van der Waals surface area contributed by atoms with Crippen molar-refractivity contribution in [1.82, 2.24) is 0 Å². The average molecular weight is 456 g/mol. The van der Waals surface area contributed by atoms with E-state index in [4.69, 9.17) is 10.5 Å². The van der Waals surface area contributed by atoms with Crippen LogP contribution in [-0.2, 0) is 15.6 Å². The first-order chi connectivity index (χ1) is 14.9. The van der Waals surface area contributed by atoms with Crippen LogP contribution in [0.25, 0.3) is 0 Å². The molecule has 176 valence electrons. The number of carbonyl (C=O) groups excluding carboxylic acids is 1. The monoisotopic (exact) mass is 455 g/mol. The maximum Gasteiger partial charge on any atom is 0.195 e. The summed E-state index contributed by atoms with van der Waals surface area (Å²) in [5.41, 5.74) is 8.79. The molecule has 0 aromatic heterocycles. The van der Waals surface area contributed by atoms with Crippen molar-refractivity contribution < 1.29 is 9.53 Å². The lowest BCUT2D eigenvalue weighted by Crippen LogP contribution is -2.27. The second-order valence-corrected chi connectivity index (χ2v) is 9.85. The van der Waals surface area contributed by atoms with Crippen molar-refractivity contribution in [2.24, 2.45) is 0 Å². The van der Waals surface area contributed by atoms with Crippen molar-refractivity contribution in [2.45, 2.75) is 89.6 Å². The number of thiol groups is 1. The number of para-hydroxylation sites is 1. The molecule has 0 aliphatic rings. The van der Waals surface area contributed by atoms with E-state index < -0.39 is 6.10 Å². The Kier molecular flexibility index (Phi) is 10.6. The Morgan fingerprint density at radius 1 is 1.06 bits per heavy atom. The van der Waals surface area contributed by atoms with Crippen LogP contribution in [0.4, 0.5) is 5.69 Å². The molecular formula is C28H41NO2S. The summed E-state index contributed by atoms with van der Waals surface area (Å²) in [6.45, 7) is 18.9. The van der Waals surface area contributed by atoms with Crippen molar-refractivity contribution in [3.05, 3.63) is 66.2 Å². The molecule has 0 radical (unpaired) electrons. The molecule has 2 aromatic rings. The van der Waals surface area contributed by atoms with Crippen LogP contribution in [0.3, 0.4) is 0 Å². The summed E-state index contributed by atoms with van der Waals surface area (Å²) in [7, 11) is 0. The molecule has 1 unspecified atom stereocenters. The zero-order valence-electron chi connectivity index (χ0n) is 20.9. The van der Waals surface area contributed by atoms with Gasteiger partial charge in [0, 0.05) is 16.1 Å². The van der Waals surface area contributed by atoms with E-state index >= 15 is 0 Å². The molecule has 0 amide bonds. The Labute approximate surface area is 200 Å². The summed E-state index contributed by atoms with van der Waals surface area (Å²) in [6, 6.07) is 13.9. The second-order valence-electron chi connectivity index (χ2n) is 9.37. The molecule has 0 aliphatic carbocycles. The molecule has 0 bridgehead atoms. The number of nitrogens with two attached hydrogens (primary N) is 1. The maximum atomic E-state index is 12.0. The van der Waals surface area contributed by atoms with Crippen molar-refractivity contribution in [2.75, 3.05) is 5.73 Å². The highest BCUT2D eigenvalue weighted by molar-refractivity contribution is 7.80. The van der Waals surface area contributed by atoms with Gasteiger partial charge in [-0.05, 0) is 59.9 Å². The van der Waals surface area contributed by atoms with E-state index in [9.17, 15) is 4.79 Å². The van der Waals surface area contributed by atoms with Gasteiger partial charge in [0.1, 0.15) is 5.75 Å². The Hall–Kier alpha value is -2.20. The minimum absolute atomic E-state index is 0.00924. The molecule has 0 fully saturated rings. The smallest absolute Gasteiger partial charge is 0.195 e. The molecular weight excluding hydrogens is 414 g/mol. The van der Waals surface area contributed by atoms with Crippen molar-refractivity contribution >= 4 is 24.1 Å². The highest BCUT2D eigenvalue weighted by atomic mass is 32.1. The lowest BCUT2D eigenvalue weighted by molar-refractivity contribution is -0.121. The zero-order chi connectivity index (χ0) is 24.5. The fraction of sp³-hybridized carbons (Fsp3) is 0.464. The third-order valence-electron chi connectivity index (χ3n) is 6.35. The summed E-state index contributed by atoms with van der Waals surface area (Å²) in [5, 5.41) is 0. The predicted molar refractivity (Wildman–Crippen MR) is 141 cm³/mol. The summed E-state index contributed by atoms with van der Waals surface area (Å²) in [5.74, 6) is 0.760. The number of hydrogen-bond acceptors (Lipinski definition) is 4. The van der Waals surface area contributed by atoms with Gasteiger partial charge in [-0.1, -0.05) is 79.3 Å². The molecule has 0 spiro atoms. The van der Waals surface area contributed by atoms with E-state index in [1.165, 1.54) is 17.2 Å². The van der Waals surface area contributed by atoms with Crippen LogP contribution < -0.4 is 10.5 Å². The van der Waals surface area contributed by atoms with Crippen LogP contribution >= 0.6 is 12.6 Å². The molecule has 4 heteroatoms. The number of hydrogen-bond donors (Lipinski definition) is 2. The van der Waals surface area contributed by atoms with Gasteiger partial charge in [0.15, 0.2) is 11.9 Å². The highest BCUT2D eigenvalue weighted by Gasteiger charge is 2.28. The summed E-state index contributed by atoms with van der Waals surface area (Å²) in [6.07, 6.45) is 3.61. The molecule has 2 rings (SSSR count). The first kappa shape index (κ1) is 27.8. The van der Waals surface area contributed by atoms with Gasteiger partial charge in [0.25, 0.3) is 0 Å². The van der Waals surface area contributed by atoms with Gasteiger partial charge in [0.05, 0.1) is 0 Å². The van der Waals surface area contributed by atoms with E-state index in [0.717, 1.165) is 29.2 Å². The quantitative estimate of drug-likeness (QED) is 0.233. The summed E-state index contributed by atoms with van der Waals surface area (Å²) in [4.78, 5) is 12.8. The third-order valence-corrected chi connectivity index (χ3v) is 6.76. The minimum atomic E-state index is -0.459. The SMILES string of the molecule is C=CC(=O)C(CC)Oc1ccc(C(C)(C)CC)cc1C(C)(C)CC.Nc1ccccc1S. The van der Waals surface area contributed by atoms with Gasteiger partial charge in [-0.25, -0.2) is 0 Å². The van der Waals surface area contributed by atoms with Crippen molar-refractivity contribution in [3.63, 3.8) is 0 Å². The first-order valence-corrected chi connectivity index (χ1v) is 11.9. The number of anilines is 1. The topological polar surface area (TPSA) is 52.3 Å². The fourth-order valence-electron chi connectivity index (χ4n) is 3.09. The minimum Gasteiger partial charge on any atom is -0.482 e. The third kappa shape index (κ3) is 7.44. The Balaban J connectivity index is 0.000000533. The molecule has 1 atom stereocenters. The first-order valence-electron chi connectivity index (χ1n) is 11.4. The van der Waals surface area contributed by atoms with E-state index in [1.807, 2.05) is 37.3 Å². The van der Waals surface area contributed by atoms with Crippen LogP contribution in [0.5, 0.6) is 5.75 Å². The molecule has 3 nitrogen and oxygen atoms in total. The van der Waals surface area contributed by atoms with E-state index in [2.05, 4.69) is 72.9 Å². The van der Waals surface area contributed by atoms with Gasteiger partial charge in [-0.3, -0.25) is 4.79 Å². The summed E-state index contributed by atoms with van der Waals surface area (Å²) >= 11 is 4.07. The van der Waals surface area contributed by atoms with Crippen LogP contribution in [-0.4, -0.2) is 11.9 Å². The fourth-order valence-corrected chi connectivity index (χ4v) is 3.25. The number of nitrogen functional groups attached to an aromatic ring is 1. The van der Waals surface area contributed by atoms with Crippen molar-refractivity contribution in [3.8, 4) is 5.75 Å². The number of benzene rings is 2. The predicted octanol–water partition coefficient (Wildman–Crippen LogP) is 7.53. The lowest BCUT2D eigenvalue weighted by atomic mass is 9.76. The molecule has 0 aliphatic heterocycles. The maximum absolute atomic E-state index is 12.0. The molecule has 2 N–H and O–H groups in total. The number of ketones is 1. The number of rotatable bonds is 9. The van der Waals surface area contributed by atoms with Gasteiger partial charge in [-0.15, -0.1) is 12.6 Å². The number of carbonyl (C=O) groups is 1.